The van der Waals surface area contributed by atoms with E-state index in [1.165, 1.54) is 6.42 Å². The third-order valence-corrected chi connectivity index (χ3v) is 2.57. The van der Waals surface area contributed by atoms with Crippen LogP contribution in [0.2, 0.25) is 0 Å². The van der Waals surface area contributed by atoms with Gasteiger partial charge < -0.3 is 0 Å². The van der Waals surface area contributed by atoms with Crippen molar-refractivity contribution >= 4 is 16.5 Å². The second kappa shape index (κ2) is 9.96. The van der Waals surface area contributed by atoms with Gasteiger partial charge in [0.05, 0.1) is 10.3 Å². The van der Waals surface area contributed by atoms with E-state index >= 15 is 0 Å². The molecule has 0 heterocycles. The van der Waals surface area contributed by atoms with Crippen molar-refractivity contribution in [3.63, 3.8) is 0 Å². The Kier molecular flexibility index (Phi) is 9.01. The fourth-order valence-electron chi connectivity index (χ4n) is 1.81. The second-order valence-electron chi connectivity index (χ2n) is 4.11. The van der Waals surface area contributed by atoms with Gasteiger partial charge in [-0.25, -0.2) is 0 Å². The molecule has 0 aliphatic heterocycles. The van der Waals surface area contributed by atoms with Gasteiger partial charge in [-0.3, -0.25) is 10.1 Å². The average Bonchev–Trinajstić information content (AvgIpc) is 2.48. The Morgan fingerprint density at radius 3 is 1.90 bits per heavy atom. The zero-order valence-corrected chi connectivity index (χ0v) is 13.1. The summed E-state index contributed by atoms with van der Waals surface area (Å²) in [7, 11) is 0. The molecule has 0 aliphatic carbocycles. The molecule has 20 heavy (non-hydrogen) atoms. The molecule has 110 valence electrons. The van der Waals surface area contributed by atoms with E-state index in [4.69, 9.17) is 0 Å². The molecule has 0 saturated carbocycles. The Morgan fingerprint density at radius 1 is 0.950 bits per heavy atom. The minimum Gasteiger partial charge on any atom is -0.258 e. The molecular formula is C17H25NO2. The molecule has 0 spiro atoms. The Bertz CT molecular complexity index is 536. The van der Waals surface area contributed by atoms with Gasteiger partial charge in [-0.2, -0.15) is 0 Å². The van der Waals surface area contributed by atoms with E-state index in [1.807, 2.05) is 45.0 Å². The largest absolute Gasteiger partial charge is 0.277 e. The number of nitrogens with zero attached hydrogens (tertiary/aromatic N) is 1. The maximum absolute atomic E-state index is 10.8. The Morgan fingerprint density at radius 2 is 1.45 bits per heavy atom. The molecule has 0 unspecified atom stereocenters. The van der Waals surface area contributed by atoms with Crippen molar-refractivity contribution in [2.75, 3.05) is 0 Å². The lowest BCUT2D eigenvalue weighted by molar-refractivity contribution is -0.383. The first-order valence-electron chi connectivity index (χ1n) is 7.30. The predicted octanol–water partition coefficient (Wildman–Crippen LogP) is 5.75. The van der Waals surface area contributed by atoms with Crippen molar-refractivity contribution in [2.45, 2.75) is 47.5 Å². The molecule has 0 fully saturated rings. The van der Waals surface area contributed by atoms with Gasteiger partial charge in [0.15, 0.2) is 0 Å². The lowest BCUT2D eigenvalue weighted by Gasteiger charge is -2.04. The maximum Gasteiger partial charge on any atom is 0.277 e. The van der Waals surface area contributed by atoms with Gasteiger partial charge in [-0.1, -0.05) is 65.3 Å². The molecule has 0 atom stereocenters. The summed E-state index contributed by atoms with van der Waals surface area (Å²) in [5.74, 6) is 0. The summed E-state index contributed by atoms with van der Waals surface area (Å²) in [6.45, 7) is 10.3. The lowest BCUT2D eigenvalue weighted by Crippen LogP contribution is -1.92. The Labute approximate surface area is 121 Å². The van der Waals surface area contributed by atoms with E-state index in [0.29, 0.717) is 0 Å². The monoisotopic (exact) mass is 275 g/mol. The van der Waals surface area contributed by atoms with Crippen molar-refractivity contribution in [1.29, 1.82) is 0 Å². The number of rotatable bonds is 2. The van der Waals surface area contributed by atoms with Crippen LogP contribution in [-0.2, 0) is 6.42 Å². The molecule has 2 aromatic carbocycles. The number of fused-ring (bicyclic) bond motifs is 1. The van der Waals surface area contributed by atoms with E-state index in [9.17, 15) is 10.1 Å². The highest BCUT2D eigenvalue weighted by atomic mass is 16.6. The van der Waals surface area contributed by atoms with Gasteiger partial charge in [-0.05, 0) is 23.4 Å². The van der Waals surface area contributed by atoms with Crippen LogP contribution in [0, 0.1) is 10.1 Å². The third-order valence-electron chi connectivity index (χ3n) is 2.57. The highest BCUT2D eigenvalue weighted by Crippen LogP contribution is 2.28. The topological polar surface area (TPSA) is 43.1 Å². The van der Waals surface area contributed by atoms with Crippen molar-refractivity contribution < 1.29 is 4.92 Å². The number of non-ortho nitro benzene ring substituents is 1. The van der Waals surface area contributed by atoms with Crippen LogP contribution in [0.5, 0.6) is 0 Å². The molecule has 0 aliphatic rings. The van der Waals surface area contributed by atoms with Crippen LogP contribution in [-0.4, -0.2) is 4.92 Å². The van der Waals surface area contributed by atoms with E-state index in [2.05, 4.69) is 13.8 Å². The molecule has 0 saturated heterocycles. The molecule has 0 radical (unpaired) electrons. The number of benzene rings is 2. The zero-order valence-electron chi connectivity index (χ0n) is 13.1. The molecule has 2 aromatic rings. The molecule has 0 N–H and O–H groups in total. The van der Waals surface area contributed by atoms with Gasteiger partial charge in [-0.15, -0.1) is 0 Å². The van der Waals surface area contributed by atoms with Crippen LogP contribution in [0.25, 0.3) is 10.8 Å². The molecule has 0 aromatic heterocycles. The van der Waals surface area contributed by atoms with E-state index in [1.54, 1.807) is 12.1 Å². The standard InChI is InChI=1S/C12H11NO2.C3H8.C2H6/c1-2-9-7-8-12(13(14)15)11-6-4-3-5-10(9)11;1-3-2;1-2/h3-8H,2H2,1H3;3H2,1-2H3;1-2H3. The first-order chi connectivity index (χ1) is 9.65. The summed E-state index contributed by atoms with van der Waals surface area (Å²) in [5.41, 5.74) is 1.33. The van der Waals surface area contributed by atoms with Gasteiger partial charge in [0, 0.05) is 6.07 Å². The van der Waals surface area contributed by atoms with Crippen LogP contribution in [0.4, 0.5) is 5.69 Å². The zero-order chi connectivity index (χ0) is 15.5. The van der Waals surface area contributed by atoms with Crippen molar-refractivity contribution in [1.82, 2.24) is 0 Å². The minimum atomic E-state index is -0.332. The number of aryl methyl sites for hydroxylation is 1. The summed E-state index contributed by atoms with van der Waals surface area (Å²) in [6, 6.07) is 10.9. The smallest absolute Gasteiger partial charge is 0.258 e. The van der Waals surface area contributed by atoms with Crippen LogP contribution >= 0.6 is 0 Å². The predicted molar refractivity (Wildman–Crippen MR) is 87.3 cm³/mol. The number of hydrogen-bond donors (Lipinski definition) is 0. The Balaban J connectivity index is 0.000000641. The lowest BCUT2D eigenvalue weighted by atomic mass is 10.0. The molecule has 0 amide bonds. The van der Waals surface area contributed by atoms with Crippen molar-refractivity contribution in [3.8, 4) is 0 Å². The van der Waals surface area contributed by atoms with E-state index < -0.39 is 0 Å². The number of nitro groups is 1. The highest BCUT2D eigenvalue weighted by Gasteiger charge is 2.12. The SMILES string of the molecule is CC.CCC.CCc1ccc([N+](=O)[O-])c2ccccc12. The minimum absolute atomic E-state index is 0.183. The van der Waals surface area contributed by atoms with Gasteiger partial charge >= 0.3 is 0 Å². The van der Waals surface area contributed by atoms with Gasteiger partial charge in [0.25, 0.3) is 5.69 Å². The Hall–Kier alpha value is -1.90. The van der Waals surface area contributed by atoms with Crippen LogP contribution in [0.15, 0.2) is 36.4 Å². The quantitative estimate of drug-likeness (QED) is 0.517. The highest BCUT2D eigenvalue weighted by molar-refractivity contribution is 5.93. The first kappa shape index (κ1) is 18.1. The number of hydrogen-bond acceptors (Lipinski definition) is 2. The molecule has 3 heteroatoms. The normalized spacial score (nSPS) is 9.05. The maximum atomic E-state index is 10.8. The molecule has 3 nitrogen and oxygen atoms in total. The number of nitro benzene ring substituents is 1. The van der Waals surface area contributed by atoms with Crippen LogP contribution < -0.4 is 0 Å². The van der Waals surface area contributed by atoms with E-state index in [-0.39, 0.29) is 10.6 Å². The van der Waals surface area contributed by atoms with E-state index in [0.717, 1.165) is 22.8 Å². The van der Waals surface area contributed by atoms with Crippen molar-refractivity contribution in [3.05, 3.63) is 52.1 Å². The van der Waals surface area contributed by atoms with Crippen LogP contribution in [0.3, 0.4) is 0 Å². The third kappa shape index (κ3) is 4.65. The summed E-state index contributed by atoms with van der Waals surface area (Å²) in [6.07, 6.45) is 2.14. The van der Waals surface area contributed by atoms with Gasteiger partial charge in [0.1, 0.15) is 0 Å². The fourth-order valence-corrected chi connectivity index (χ4v) is 1.81. The fraction of sp³-hybridized carbons (Fsp3) is 0.412. The summed E-state index contributed by atoms with van der Waals surface area (Å²) >= 11 is 0. The summed E-state index contributed by atoms with van der Waals surface area (Å²) in [5, 5.41) is 12.5. The molecule has 2 rings (SSSR count). The van der Waals surface area contributed by atoms with Crippen LogP contribution in [0.1, 0.15) is 46.6 Å². The average molecular weight is 275 g/mol. The summed E-state index contributed by atoms with van der Waals surface area (Å²) in [4.78, 5) is 10.5. The molecule has 0 bridgehead atoms. The summed E-state index contributed by atoms with van der Waals surface area (Å²) < 4.78 is 0. The van der Waals surface area contributed by atoms with Gasteiger partial charge in [0.2, 0.25) is 0 Å². The van der Waals surface area contributed by atoms with Crippen molar-refractivity contribution in [2.24, 2.45) is 0 Å². The first-order valence-corrected chi connectivity index (χ1v) is 7.30. The molecular weight excluding hydrogens is 250 g/mol. The second-order valence-corrected chi connectivity index (χ2v) is 4.11.